The number of hydrogen-bond acceptors (Lipinski definition) is 7. The van der Waals surface area contributed by atoms with Crippen LogP contribution in [0.4, 0.5) is 17.1 Å². The number of anilines is 3. The van der Waals surface area contributed by atoms with E-state index in [-0.39, 0.29) is 34.5 Å². The van der Waals surface area contributed by atoms with Crippen molar-refractivity contribution < 1.29 is 28.7 Å². The van der Waals surface area contributed by atoms with Crippen LogP contribution in [0.5, 0.6) is 5.75 Å². The Labute approximate surface area is 224 Å². The van der Waals surface area contributed by atoms with Crippen molar-refractivity contribution in [3.63, 3.8) is 0 Å². The first-order valence-electron chi connectivity index (χ1n) is 11.7. The first-order valence-corrected chi connectivity index (χ1v) is 12.1. The molecule has 0 spiro atoms. The Hall–Kier alpha value is -4.63. The normalized spacial score (nSPS) is 13.0. The van der Waals surface area contributed by atoms with E-state index >= 15 is 0 Å². The Morgan fingerprint density at radius 3 is 2.21 bits per heavy atom. The van der Waals surface area contributed by atoms with Crippen LogP contribution in [-0.2, 0) is 14.3 Å². The van der Waals surface area contributed by atoms with Gasteiger partial charge in [-0.2, -0.15) is 0 Å². The molecule has 3 aromatic rings. The van der Waals surface area contributed by atoms with Gasteiger partial charge in [0.15, 0.2) is 0 Å². The molecule has 1 aliphatic rings. The van der Waals surface area contributed by atoms with E-state index < -0.39 is 17.8 Å². The number of ether oxygens (including phenoxy) is 2. The molecule has 0 atom stereocenters. The number of benzene rings is 3. The van der Waals surface area contributed by atoms with Gasteiger partial charge in [-0.15, -0.1) is 0 Å². The SMILES string of the molecule is CCCOC(=O)c1ccccc1N1C(=O)C(Cl)=C(Nc2ccc(C(=O)Nc3ccc(OC)cc3)cc2)C1=O. The summed E-state index contributed by atoms with van der Waals surface area (Å²) in [6.07, 6.45) is 0.624. The maximum Gasteiger partial charge on any atom is 0.340 e. The van der Waals surface area contributed by atoms with Crippen LogP contribution in [0, 0.1) is 0 Å². The fraction of sp³-hybridized carbons (Fsp3) is 0.143. The number of amides is 3. The summed E-state index contributed by atoms with van der Waals surface area (Å²) in [6, 6.07) is 19.3. The summed E-state index contributed by atoms with van der Waals surface area (Å²) in [6.45, 7) is 2.06. The van der Waals surface area contributed by atoms with Crippen molar-refractivity contribution >= 4 is 52.4 Å². The van der Waals surface area contributed by atoms with Gasteiger partial charge in [0.1, 0.15) is 16.5 Å². The molecule has 1 heterocycles. The molecular formula is C28H24ClN3O6. The Kier molecular flexibility index (Phi) is 8.08. The van der Waals surface area contributed by atoms with E-state index in [2.05, 4.69) is 10.6 Å². The number of carbonyl (C=O) groups is 4. The molecular weight excluding hydrogens is 510 g/mol. The zero-order valence-corrected chi connectivity index (χ0v) is 21.4. The number of nitrogens with zero attached hydrogens (tertiary/aromatic N) is 1. The second kappa shape index (κ2) is 11.6. The van der Waals surface area contributed by atoms with E-state index in [0.717, 1.165) is 4.90 Å². The Morgan fingerprint density at radius 2 is 1.55 bits per heavy atom. The minimum Gasteiger partial charge on any atom is -0.497 e. The molecule has 1 aliphatic heterocycles. The first kappa shape index (κ1) is 26.4. The van der Waals surface area contributed by atoms with E-state index in [0.29, 0.717) is 29.1 Å². The minimum atomic E-state index is -0.773. The standard InChI is InChI=1S/C28H24ClN3O6/c1-3-16-38-28(36)21-6-4-5-7-22(21)32-26(34)23(29)24(27(32)35)30-18-10-8-17(9-11-18)25(33)31-19-12-14-20(37-2)15-13-19/h4-15,30H,3,16H2,1-2H3,(H,31,33). The van der Waals surface area contributed by atoms with Crippen LogP contribution in [-0.4, -0.2) is 37.4 Å². The molecule has 0 radical (unpaired) electrons. The maximum absolute atomic E-state index is 13.2. The lowest BCUT2D eigenvalue weighted by molar-refractivity contribution is -0.120. The van der Waals surface area contributed by atoms with E-state index in [1.165, 1.54) is 12.1 Å². The van der Waals surface area contributed by atoms with Crippen molar-refractivity contribution in [3.05, 3.63) is 94.7 Å². The summed E-state index contributed by atoms with van der Waals surface area (Å²) in [4.78, 5) is 52.1. The Morgan fingerprint density at radius 1 is 0.895 bits per heavy atom. The molecule has 194 valence electrons. The number of hydrogen-bond donors (Lipinski definition) is 2. The van der Waals surface area contributed by atoms with E-state index in [1.807, 2.05) is 6.92 Å². The van der Waals surface area contributed by atoms with Gasteiger partial charge in [-0.1, -0.05) is 30.7 Å². The van der Waals surface area contributed by atoms with E-state index in [9.17, 15) is 19.2 Å². The van der Waals surface area contributed by atoms with Gasteiger partial charge in [-0.3, -0.25) is 14.4 Å². The van der Waals surface area contributed by atoms with E-state index in [1.54, 1.807) is 67.8 Å². The third-order valence-electron chi connectivity index (χ3n) is 5.59. The van der Waals surface area contributed by atoms with E-state index in [4.69, 9.17) is 21.1 Å². The van der Waals surface area contributed by atoms with Crippen LogP contribution in [0.1, 0.15) is 34.1 Å². The average Bonchev–Trinajstić information content (AvgIpc) is 3.15. The zero-order chi connectivity index (χ0) is 27.2. The van der Waals surface area contributed by atoms with Gasteiger partial charge >= 0.3 is 5.97 Å². The summed E-state index contributed by atoms with van der Waals surface area (Å²) in [7, 11) is 1.56. The number of carbonyl (C=O) groups excluding carboxylic acids is 4. The Bertz CT molecular complexity index is 1420. The van der Waals surface area contributed by atoms with Crippen LogP contribution in [0.15, 0.2) is 83.5 Å². The van der Waals surface area contributed by atoms with Crippen LogP contribution >= 0.6 is 11.6 Å². The largest absolute Gasteiger partial charge is 0.497 e. The minimum absolute atomic E-state index is 0.0700. The lowest BCUT2D eigenvalue weighted by atomic mass is 10.1. The van der Waals surface area contributed by atoms with Crippen molar-refractivity contribution in [2.45, 2.75) is 13.3 Å². The van der Waals surface area contributed by atoms with Crippen LogP contribution in [0.3, 0.4) is 0 Å². The lowest BCUT2D eigenvalue weighted by Gasteiger charge is -2.18. The fourth-order valence-corrected chi connectivity index (χ4v) is 3.88. The van der Waals surface area contributed by atoms with Gasteiger partial charge in [0.25, 0.3) is 17.7 Å². The zero-order valence-electron chi connectivity index (χ0n) is 20.6. The van der Waals surface area contributed by atoms with Gasteiger partial charge < -0.3 is 20.1 Å². The number of halogens is 1. The lowest BCUT2D eigenvalue weighted by Crippen LogP contribution is -2.33. The number of para-hydroxylation sites is 1. The van der Waals surface area contributed by atoms with Gasteiger partial charge in [0.2, 0.25) is 0 Å². The van der Waals surface area contributed by atoms with Crippen molar-refractivity contribution in [2.75, 3.05) is 29.3 Å². The molecule has 10 heteroatoms. The predicted molar refractivity (Wildman–Crippen MR) is 143 cm³/mol. The van der Waals surface area contributed by atoms with Gasteiger partial charge in [-0.05, 0) is 67.1 Å². The summed E-state index contributed by atoms with van der Waals surface area (Å²) in [5.74, 6) is -1.81. The molecule has 0 bridgehead atoms. The van der Waals surface area contributed by atoms with Crippen molar-refractivity contribution in [1.29, 1.82) is 0 Å². The number of nitrogens with one attached hydrogen (secondary N) is 2. The number of esters is 1. The second-order valence-electron chi connectivity index (χ2n) is 8.17. The highest BCUT2D eigenvalue weighted by atomic mass is 35.5. The fourth-order valence-electron chi connectivity index (χ4n) is 3.67. The molecule has 0 aliphatic carbocycles. The van der Waals surface area contributed by atoms with Gasteiger partial charge in [0, 0.05) is 16.9 Å². The highest BCUT2D eigenvalue weighted by molar-refractivity contribution is 6.53. The molecule has 2 N–H and O–H groups in total. The molecule has 9 nitrogen and oxygen atoms in total. The maximum atomic E-state index is 13.2. The van der Waals surface area contributed by atoms with Crippen LogP contribution in [0.25, 0.3) is 0 Å². The van der Waals surface area contributed by atoms with Crippen molar-refractivity contribution in [1.82, 2.24) is 0 Å². The van der Waals surface area contributed by atoms with Crippen LogP contribution in [0.2, 0.25) is 0 Å². The van der Waals surface area contributed by atoms with Gasteiger partial charge in [0.05, 0.1) is 25.0 Å². The number of methoxy groups -OCH3 is 1. The highest BCUT2D eigenvalue weighted by Crippen LogP contribution is 2.32. The third-order valence-corrected chi connectivity index (χ3v) is 5.94. The molecule has 0 unspecified atom stereocenters. The number of rotatable bonds is 9. The van der Waals surface area contributed by atoms with Gasteiger partial charge in [-0.25, -0.2) is 9.69 Å². The molecule has 0 aromatic heterocycles. The quantitative estimate of drug-likeness (QED) is 0.295. The summed E-state index contributed by atoms with van der Waals surface area (Å²) >= 11 is 6.24. The molecule has 3 aromatic carbocycles. The second-order valence-corrected chi connectivity index (χ2v) is 8.55. The third kappa shape index (κ3) is 5.52. The summed E-state index contributed by atoms with van der Waals surface area (Å²) in [5, 5.41) is 5.31. The molecule has 3 amide bonds. The van der Waals surface area contributed by atoms with Crippen molar-refractivity contribution in [3.8, 4) is 5.75 Å². The molecule has 0 saturated carbocycles. The average molecular weight is 534 g/mol. The summed E-state index contributed by atoms with van der Waals surface area (Å²) < 4.78 is 10.3. The molecule has 0 fully saturated rings. The monoisotopic (exact) mass is 533 g/mol. The first-order chi connectivity index (χ1) is 18.3. The Balaban J connectivity index is 1.48. The highest BCUT2D eigenvalue weighted by Gasteiger charge is 2.40. The molecule has 0 saturated heterocycles. The van der Waals surface area contributed by atoms with Crippen molar-refractivity contribution in [2.24, 2.45) is 0 Å². The smallest absolute Gasteiger partial charge is 0.340 e. The predicted octanol–water partition coefficient (Wildman–Crippen LogP) is 4.95. The molecule has 38 heavy (non-hydrogen) atoms. The molecule has 4 rings (SSSR count). The van der Waals surface area contributed by atoms with Crippen LogP contribution < -0.4 is 20.3 Å². The topological polar surface area (TPSA) is 114 Å². The number of imide groups is 1. The summed E-state index contributed by atoms with van der Waals surface area (Å²) in [5.41, 5.74) is 1.40.